The van der Waals surface area contributed by atoms with Gasteiger partial charge < -0.3 is 9.88 Å². The molecule has 2 aromatic heterocycles. The fourth-order valence-corrected chi connectivity index (χ4v) is 2.91. The van der Waals surface area contributed by atoms with Crippen LogP contribution in [0.5, 0.6) is 0 Å². The number of nitrogens with one attached hydrogen (secondary N) is 1. The number of benzene rings is 1. The Hall–Kier alpha value is -2.36. The predicted molar refractivity (Wildman–Crippen MR) is 80.8 cm³/mol. The molecule has 0 radical (unpaired) electrons. The molecular formula is C16H16N4. The molecule has 100 valence electrons. The molecule has 3 aromatic rings. The van der Waals surface area contributed by atoms with E-state index >= 15 is 0 Å². The average molecular weight is 264 g/mol. The summed E-state index contributed by atoms with van der Waals surface area (Å²) in [6, 6.07) is 8.45. The third-order valence-electron chi connectivity index (χ3n) is 3.98. The Morgan fingerprint density at radius 2 is 2.05 bits per heavy atom. The van der Waals surface area contributed by atoms with Gasteiger partial charge >= 0.3 is 0 Å². The predicted octanol–water partition coefficient (Wildman–Crippen LogP) is 2.99. The Labute approximate surface area is 117 Å². The van der Waals surface area contributed by atoms with E-state index in [1.165, 1.54) is 23.2 Å². The zero-order chi connectivity index (χ0) is 13.5. The first-order chi connectivity index (χ1) is 9.83. The number of pyridine rings is 1. The van der Waals surface area contributed by atoms with Crippen LogP contribution in [0.4, 0.5) is 5.69 Å². The molecular weight excluding hydrogens is 248 g/mol. The van der Waals surface area contributed by atoms with E-state index < -0.39 is 0 Å². The number of aromatic nitrogens is 3. The van der Waals surface area contributed by atoms with Crippen molar-refractivity contribution < 1.29 is 0 Å². The van der Waals surface area contributed by atoms with E-state index in [0.717, 1.165) is 29.9 Å². The largest absolute Gasteiger partial charge is 0.385 e. The van der Waals surface area contributed by atoms with E-state index in [4.69, 9.17) is 4.98 Å². The highest BCUT2D eigenvalue weighted by atomic mass is 15.1. The summed E-state index contributed by atoms with van der Waals surface area (Å²) in [4.78, 5) is 8.86. The molecule has 0 fully saturated rings. The lowest BCUT2D eigenvalue weighted by Gasteiger charge is -2.17. The Morgan fingerprint density at radius 3 is 2.90 bits per heavy atom. The summed E-state index contributed by atoms with van der Waals surface area (Å²) in [5, 5.41) is 3.46. The zero-order valence-electron chi connectivity index (χ0n) is 11.4. The Kier molecular flexibility index (Phi) is 2.49. The van der Waals surface area contributed by atoms with Crippen LogP contribution in [-0.2, 0) is 13.5 Å². The van der Waals surface area contributed by atoms with E-state index in [9.17, 15) is 0 Å². The molecule has 1 aliphatic heterocycles. The molecule has 4 rings (SSSR count). The van der Waals surface area contributed by atoms with Crippen molar-refractivity contribution in [3.63, 3.8) is 0 Å². The molecule has 20 heavy (non-hydrogen) atoms. The summed E-state index contributed by atoms with van der Waals surface area (Å²) < 4.78 is 2.17. The Morgan fingerprint density at radius 1 is 1.20 bits per heavy atom. The molecule has 1 N–H and O–H groups in total. The number of fused-ring (bicyclic) bond motifs is 2. The Balaban J connectivity index is 1.94. The van der Waals surface area contributed by atoms with Crippen LogP contribution in [0.2, 0.25) is 0 Å². The van der Waals surface area contributed by atoms with Gasteiger partial charge in [0, 0.05) is 37.2 Å². The van der Waals surface area contributed by atoms with Gasteiger partial charge in [-0.15, -0.1) is 0 Å². The van der Waals surface area contributed by atoms with Gasteiger partial charge in [-0.25, -0.2) is 4.98 Å². The monoisotopic (exact) mass is 264 g/mol. The number of imidazole rings is 1. The molecule has 0 aliphatic carbocycles. The number of anilines is 1. The summed E-state index contributed by atoms with van der Waals surface area (Å²) in [6.45, 7) is 1.06. The van der Waals surface area contributed by atoms with E-state index in [1.54, 1.807) is 12.4 Å². The zero-order valence-corrected chi connectivity index (χ0v) is 11.4. The lowest BCUT2D eigenvalue weighted by atomic mass is 10.0. The highest BCUT2D eigenvalue weighted by Gasteiger charge is 2.15. The van der Waals surface area contributed by atoms with Crippen LogP contribution in [0.1, 0.15) is 12.0 Å². The van der Waals surface area contributed by atoms with Gasteiger partial charge in [0.1, 0.15) is 5.82 Å². The molecule has 4 nitrogen and oxygen atoms in total. The SMILES string of the molecule is Cn1c(-c2ccncc2)nc2cc3c(cc21)CCCN3. The first-order valence-corrected chi connectivity index (χ1v) is 6.96. The van der Waals surface area contributed by atoms with Gasteiger partial charge in [-0.2, -0.15) is 0 Å². The third kappa shape index (κ3) is 1.68. The van der Waals surface area contributed by atoms with Crippen LogP contribution >= 0.6 is 0 Å². The van der Waals surface area contributed by atoms with Crippen molar-refractivity contribution in [2.45, 2.75) is 12.8 Å². The molecule has 1 aromatic carbocycles. The molecule has 0 unspecified atom stereocenters. The van der Waals surface area contributed by atoms with Gasteiger partial charge in [0.2, 0.25) is 0 Å². The first-order valence-electron chi connectivity index (χ1n) is 6.96. The molecule has 0 saturated heterocycles. The highest BCUT2D eigenvalue weighted by molar-refractivity contribution is 5.85. The van der Waals surface area contributed by atoms with E-state index in [-0.39, 0.29) is 0 Å². The van der Waals surface area contributed by atoms with Crippen molar-refractivity contribution in [3.05, 3.63) is 42.2 Å². The maximum absolute atomic E-state index is 4.79. The number of aryl methyl sites for hydroxylation is 2. The van der Waals surface area contributed by atoms with Crippen LogP contribution in [-0.4, -0.2) is 21.1 Å². The first kappa shape index (κ1) is 11.5. The minimum absolute atomic E-state index is 0.991. The smallest absolute Gasteiger partial charge is 0.140 e. The molecule has 1 aliphatic rings. The van der Waals surface area contributed by atoms with Crippen molar-refractivity contribution in [2.24, 2.45) is 7.05 Å². The number of nitrogens with zero attached hydrogens (tertiary/aromatic N) is 3. The average Bonchev–Trinajstić information content (AvgIpc) is 2.83. The van der Waals surface area contributed by atoms with Crippen molar-refractivity contribution in [2.75, 3.05) is 11.9 Å². The van der Waals surface area contributed by atoms with Gasteiger partial charge in [-0.1, -0.05) is 0 Å². The quantitative estimate of drug-likeness (QED) is 0.734. The summed E-state index contributed by atoms with van der Waals surface area (Å²) in [5.41, 5.74) is 5.98. The van der Waals surface area contributed by atoms with Crippen molar-refractivity contribution in [1.82, 2.24) is 14.5 Å². The second kappa shape index (κ2) is 4.34. The molecule has 0 atom stereocenters. The van der Waals surface area contributed by atoms with E-state index in [0.29, 0.717) is 0 Å². The van der Waals surface area contributed by atoms with E-state index in [1.807, 2.05) is 12.1 Å². The number of hydrogen-bond acceptors (Lipinski definition) is 3. The lowest BCUT2D eigenvalue weighted by molar-refractivity contribution is 0.830. The minimum Gasteiger partial charge on any atom is -0.385 e. The summed E-state index contributed by atoms with van der Waals surface area (Å²) >= 11 is 0. The van der Waals surface area contributed by atoms with E-state index in [2.05, 4.69) is 34.0 Å². The van der Waals surface area contributed by atoms with Gasteiger partial charge in [-0.3, -0.25) is 4.98 Å². The maximum Gasteiger partial charge on any atom is 0.140 e. The summed E-state index contributed by atoms with van der Waals surface area (Å²) in [5.74, 6) is 0.991. The van der Waals surface area contributed by atoms with Crippen LogP contribution in [0.15, 0.2) is 36.7 Å². The van der Waals surface area contributed by atoms with Gasteiger partial charge in [0.25, 0.3) is 0 Å². The molecule has 0 amide bonds. The number of rotatable bonds is 1. The summed E-state index contributed by atoms with van der Waals surface area (Å²) in [6.07, 6.45) is 5.96. The molecule has 4 heteroatoms. The van der Waals surface area contributed by atoms with Gasteiger partial charge in [-0.05, 0) is 42.7 Å². The van der Waals surface area contributed by atoms with Crippen LogP contribution in [0.3, 0.4) is 0 Å². The van der Waals surface area contributed by atoms with Crippen molar-refractivity contribution in [3.8, 4) is 11.4 Å². The fourth-order valence-electron chi connectivity index (χ4n) is 2.91. The van der Waals surface area contributed by atoms with Crippen LogP contribution < -0.4 is 5.32 Å². The second-order valence-electron chi connectivity index (χ2n) is 5.26. The van der Waals surface area contributed by atoms with Crippen LogP contribution in [0, 0.1) is 0 Å². The Bertz CT molecular complexity index is 774. The molecule has 0 spiro atoms. The standard InChI is InChI=1S/C16H16N4/c1-20-15-9-12-3-2-6-18-13(12)10-14(15)19-16(20)11-4-7-17-8-5-11/h4-5,7-10,18H,2-3,6H2,1H3. The maximum atomic E-state index is 4.79. The number of hydrogen-bond donors (Lipinski definition) is 1. The van der Waals surface area contributed by atoms with Gasteiger partial charge in [0.15, 0.2) is 0 Å². The molecule has 0 bridgehead atoms. The van der Waals surface area contributed by atoms with Crippen molar-refractivity contribution in [1.29, 1.82) is 0 Å². The highest BCUT2D eigenvalue weighted by Crippen LogP contribution is 2.30. The lowest BCUT2D eigenvalue weighted by Crippen LogP contribution is -2.11. The molecule has 3 heterocycles. The fraction of sp³-hybridized carbons (Fsp3) is 0.250. The van der Waals surface area contributed by atoms with Gasteiger partial charge in [0.05, 0.1) is 11.0 Å². The summed E-state index contributed by atoms with van der Waals surface area (Å²) in [7, 11) is 2.08. The second-order valence-corrected chi connectivity index (χ2v) is 5.26. The minimum atomic E-state index is 0.991. The third-order valence-corrected chi connectivity index (χ3v) is 3.98. The van der Waals surface area contributed by atoms with Crippen LogP contribution in [0.25, 0.3) is 22.4 Å². The molecule has 0 saturated carbocycles. The topological polar surface area (TPSA) is 42.7 Å². The van der Waals surface area contributed by atoms with Crippen molar-refractivity contribution >= 4 is 16.7 Å². The normalized spacial score (nSPS) is 14.1.